The molecule has 0 aromatic rings. The largest absolute Gasteiger partial charge is 0.332 e. The summed E-state index contributed by atoms with van der Waals surface area (Å²) < 4.78 is 0. The molecule has 18 heavy (non-hydrogen) atoms. The predicted octanol–water partition coefficient (Wildman–Crippen LogP) is 0.337. The molecule has 5 nitrogen and oxygen atoms in total. The van der Waals surface area contributed by atoms with Crippen LogP contribution >= 0.6 is 0 Å². The zero-order valence-corrected chi connectivity index (χ0v) is 11.1. The van der Waals surface area contributed by atoms with Gasteiger partial charge in [-0.25, -0.2) is 0 Å². The van der Waals surface area contributed by atoms with Crippen molar-refractivity contribution < 1.29 is 9.59 Å². The molecule has 0 aromatic carbocycles. The van der Waals surface area contributed by atoms with Gasteiger partial charge in [0.05, 0.1) is 6.54 Å². The topological polar surface area (TPSA) is 66.6 Å². The van der Waals surface area contributed by atoms with Crippen LogP contribution in [0.2, 0.25) is 0 Å². The van der Waals surface area contributed by atoms with Gasteiger partial charge in [-0.3, -0.25) is 9.59 Å². The number of nitrogens with zero attached hydrogens (tertiary/aromatic N) is 2. The molecular weight excluding hydrogens is 230 g/mol. The Balaban J connectivity index is 1.85. The second-order valence-electron chi connectivity index (χ2n) is 5.32. The smallest absolute Gasteiger partial charge is 0.245 e. The van der Waals surface area contributed by atoms with Crippen molar-refractivity contribution in [1.82, 2.24) is 9.80 Å². The number of amides is 2. The van der Waals surface area contributed by atoms with Crippen LogP contribution < -0.4 is 5.73 Å². The number of hydrogen-bond acceptors (Lipinski definition) is 3. The molecule has 2 fully saturated rings. The lowest BCUT2D eigenvalue weighted by molar-refractivity contribution is -0.153. The Morgan fingerprint density at radius 3 is 2.94 bits per heavy atom. The summed E-state index contributed by atoms with van der Waals surface area (Å²) >= 11 is 0. The Hall–Kier alpha value is -1.10. The standard InChI is InChI=1S/C13H23N3O2/c1-2-10(14)5-3-7-15-9-12(17)16-8-4-6-11(16)13(15)18/h10-11H,2-9,14H2,1H3. The lowest BCUT2D eigenvalue weighted by Crippen LogP contribution is -2.57. The van der Waals surface area contributed by atoms with Crippen molar-refractivity contribution in [3.63, 3.8) is 0 Å². The number of hydrogen-bond donors (Lipinski definition) is 1. The van der Waals surface area contributed by atoms with E-state index in [1.54, 1.807) is 9.80 Å². The average Bonchev–Trinajstić information content (AvgIpc) is 2.84. The molecule has 2 atom stereocenters. The Morgan fingerprint density at radius 2 is 2.22 bits per heavy atom. The third-order valence-corrected chi connectivity index (χ3v) is 4.02. The number of rotatable bonds is 5. The highest BCUT2D eigenvalue weighted by atomic mass is 16.2. The second-order valence-corrected chi connectivity index (χ2v) is 5.32. The molecule has 2 aliphatic heterocycles. The van der Waals surface area contributed by atoms with Crippen LogP contribution in [0.25, 0.3) is 0 Å². The van der Waals surface area contributed by atoms with Gasteiger partial charge in [0.15, 0.2) is 0 Å². The SMILES string of the molecule is CCC(N)CCCN1CC(=O)N2CCCC2C1=O. The molecule has 5 heteroatoms. The number of carbonyl (C=O) groups excluding carboxylic acids is 2. The average molecular weight is 253 g/mol. The molecule has 2 rings (SSSR count). The van der Waals surface area contributed by atoms with Gasteiger partial charge in [0, 0.05) is 19.1 Å². The zero-order chi connectivity index (χ0) is 13.1. The fraction of sp³-hybridized carbons (Fsp3) is 0.846. The summed E-state index contributed by atoms with van der Waals surface area (Å²) in [5, 5.41) is 0. The number of piperazine rings is 1. The van der Waals surface area contributed by atoms with E-state index in [0.717, 1.165) is 38.6 Å². The number of nitrogens with two attached hydrogens (primary N) is 1. The monoisotopic (exact) mass is 253 g/mol. The Labute approximate surface area is 108 Å². The van der Waals surface area contributed by atoms with Gasteiger partial charge in [0.2, 0.25) is 11.8 Å². The quantitative estimate of drug-likeness (QED) is 0.768. The van der Waals surface area contributed by atoms with Gasteiger partial charge < -0.3 is 15.5 Å². The Bertz CT molecular complexity index is 332. The van der Waals surface area contributed by atoms with Crippen LogP contribution in [0.4, 0.5) is 0 Å². The highest BCUT2D eigenvalue weighted by Gasteiger charge is 2.41. The van der Waals surface area contributed by atoms with E-state index in [-0.39, 0.29) is 30.4 Å². The molecule has 0 bridgehead atoms. The third-order valence-electron chi connectivity index (χ3n) is 4.02. The summed E-state index contributed by atoms with van der Waals surface area (Å²) in [5.74, 6) is 0.244. The van der Waals surface area contributed by atoms with Crippen molar-refractivity contribution in [3.8, 4) is 0 Å². The van der Waals surface area contributed by atoms with Gasteiger partial charge >= 0.3 is 0 Å². The van der Waals surface area contributed by atoms with Gasteiger partial charge in [-0.1, -0.05) is 6.92 Å². The van der Waals surface area contributed by atoms with Crippen molar-refractivity contribution in [2.24, 2.45) is 5.73 Å². The van der Waals surface area contributed by atoms with Crippen LogP contribution in [-0.4, -0.2) is 53.3 Å². The van der Waals surface area contributed by atoms with E-state index in [2.05, 4.69) is 6.92 Å². The van der Waals surface area contributed by atoms with E-state index in [1.807, 2.05) is 0 Å². The van der Waals surface area contributed by atoms with Crippen LogP contribution in [0.3, 0.4) is 0 Å². The van der Waals surface area contributed by atoms with Crippen molar-refractivity contribution in [1.29, 1.82) is 0 Å². The molecule has 2 N–H and O–H groups in total. The van der Waals surface area contributed by atoms with Crippen molar-refractivity contribution in [2.75, 3.05) is 19.6 Å². The summed E-state index contributed by atoms with van der Waals surface area (Å²) in [7, 11) is 0. The van der Waals surface area contributed by atoms with E-state index < -0.39 is 0 Å². The fourth-order valence-electron chi connectivity index (χ4n) is 2.80. The minimum atomic E-state index is -0.175. The third kappa shape index (κ3) is 2.66. The molecule has 2 saturated heterocycles. The summed E-state index contributed by atoms with van der Waals surface area (Å²) in [5.41, 5.74) is 5.86. The van der Waals surface area contributed by atoms with Gasteiger partial charge in [-0.2, -0.15) is 0 Å². The maximum Gasteiger partial charge on any atom is 0.245 e. The maximum atomic E-state index is 12.2. The molecule has 102 valence electrons. The number of carbonyl (C=O) groups is 2. The van der Waals surface area contributed by atoms with Crippen molar-refractivity contribution in [3.05, 3.63) is 0 Å². The molecule has 0 radical (unpaired) electrons. The van der Waals surface area contributed by atoms with Gasteiger partial charge in [-0.05, 0) is 32.1 Å². The van der Waals surface area contributed by atoms with Gasteiger partial charge in [-0.15, -0.1) is 0 Å². The first kappa shape index (κ1) is 13.3. The summed E-state index contributed by atoms with van der Waals surface area (Å²) in [6.45, 7) is 3.75. The molecule has 0 aromatic heterocycles. The highest BCUT2D eigenvalue weighted by Crippen LogP contribution is 2.23. The molecule has 0 spiro atoms. The van der Waals surface area contributed by atoms with Gasteiger partial charge in [0.1, 0.15) is 6.04 Å². The molecule has 2 heterocycles. The first-order valence-electron chi connectivity index (χ1n) is 6.97. The first-order chi connectivity index (χ1) is 8.63. The van der Waals surface area contributed by atoms with E-state index in [4.69, 9.17) is 5.73 Å². The maximum absolute atomic E-state index is 12.2. The minimum Gasteiger partial charge on any atom is -0.332 e. The Kier molecular flexibility index (Phi) is 4.22. The fourth-order valence-corrected chi connectivity index (χ4v) is 2.80. The van der Waals surface area contributed by atoms with E-state index in [1.165, 1.54) is 0 Å². The molecule has 0 aliphatic carbocycles. The first-order valence-corrected chi connectivity index (χ1v) is 6.97. The molecule has 2 amide bonds. The highest BCUT2D eigenvalue weighted by molar-refractivity contribution is 5.95. The van der Waals surface area contributed by atoms with Crippen LogP contribution in [0, 0.1) is 0 Å². The van der Waals surface area contributed by atoms with Crippen molar-refractivity contribution in [2.45, 2.75) is 51.1 Å². The van der Waals surface area contributed by atoms with Gasteiger partial charge in [0.25, 0.3) is 0 Å². The lowest BCUT2D eigenvalue weighted by atomic mass is 10.1. The second kappa shape index (κ2) is 5.69. The molecule has 2 unspecified atom stereocenters. The zero-order valence-electron chi connectivity index (χ0n) is 11.1. The Morgan fingerprint density at radius 1 is 1.44 bits per heavy atom. The van der Waals surface area contributed by atoms with E-state index in [0.29, 0.717) is 6.54 Å². The van der Waals surface area contributed by atoms with Crippen LogP contribution in [-0.2, 0) is 9.59 Å². The number of fused-ring (bicyclic) bond motifs is 1. The van der Waals surface area contributed by atoms with Crippen LogP contribution in [0.1, 0.15) is 39.0 Å². The molecule has 0 saturated carbocycles. The normalized spacial score (nSPS) is 25.6. The predicted molar refractivity (Wildman–Crippen MR) is 68.8 cm³/mol. The summed E-state index contributed by atoms with van der Waals surface area (Å²) in [4.78, 5) is 27.6. The van der Waals surface area contributed by atoms with E-state index in [9.17, 15) is 9.59 Å². The lowest BCUT2D eigenvalue weighted by Gasteiger charge is -2.36. The van der Waals surface area contributed by atoms with Crippen molar-refractivity contribution >= 4 is 11.8 Å². The van der Waals surface area contributed by atoms with E-state index >= 15 is 0 Å². The summed E-state index contributed by atoms with van der Waals surface area (Å²) in [6.07, 6.45) is 4.55. The van der Waals surface area contributed by atoms with Crippen LogP contribution in [0.5, 0.6) is 0 Å². The van der Waals surface area contributed by atoms with Crippen LogP contribution in [0.15, 0.2) is 0 Å². The summed E-state index contributed by atoms with van der Waals surface area (Å²) in [6, 6.07) is 0.0367. The molecular formula is C13H23N3O2. The minimum absolute atomic E-state index is 0.108. The molecule has 2 aliphatic rings.